The lowest BCUT2D eigenvalue weighted by Gasteiger charge is -2.16. The van der Waals surface area contributed by atoms with E-state index in [1.54, 1.807) is 11.3 Å². The number of nitrogens with zero attached hydrogens (tertiary/aromatic N) is 3. The number of rotatable bonds is 10. The zero-order valence-electron chi connectivity index (χ0n) is 20.3. The van der Waals surface area contributed by atoms with Crippen molar-refractivity contribution < 1.29 is 24.3 Å². The summed E-state index contributed by atoms with van der Waals surface area (Å²) >= 11 is 1.71. The third kappa shape index (κ3) is 6.26. The molecule has 1 aromatic carbocycles. The summed E-state index contributed by atoms with van der Waals surface area (Å²) in [7, 11) is 0. The summed E-state index contributed by atoms with van der Waals surface area (Å²) in [4.78, 5) is 20.6. The molecule has 0 spiro atoms. The first-order chi connectivity index (χ1) is 16.8. The normalized spacial score (nSPS) is 14.9. The fraction of sp³-hybridized carbons (Fsp3) is 0.480. The number of likely N-dealkylation sites (tertiary alicyclic amines) is 1. The zero-order valence-corrected chi connectivity index (χ0v) is 21.2. The first-order valence-corrected chi connectivity index (χ1v) is 12.6. The molecular weight excluding hydrogens is 468 g/mol. The number of thiophene rings is 1. The maximum absolute atomic E-state index is 11.1. The van der Waals surface area contributed by atoms with Crippen molar-refractivity contribution in [2.45, 2.75) is 46.3 Å². The molecule has 0 unspecified atom stereocenters. The van der Waals surface area contributed by atoms with Crippen molar-refractivity contribution in [2.75, 3.05) is 32.8 Å². The Labute approximate surface area is 208 Å². The van der Waals surface area contributed by atoms with Gasteiger partial charge in [-0.1, -0.05) is 5.16 Å². The molecule has 1 fully saturated rings. The Morgan fingerprint density at radius 2 is 1.91 bits per heavy atom. The summed E-state index contributed by atoms with van der Waals surface area (Å²) in [6, 6.07) is 5.97. The van der Waals surface area contributed by atoms with Crippen LogP contribution in [0.3, 0.4) is 0 Å². The van der Waals surface area contributed by atoms with Crippen LogP contribution in [0.4, 0.5) is 0 Å². The van der Waals surface area contributed by atoms with Crippen LogP contribution in [0.1, 0.15) is 34.4 Å². The lowest BCUT2D eigenvalue weighted by atomic mass is 10.1. The number of ether oxygens (including phenoxy) is 1. The van der Waals surface area contributed by atoms with Gasteiger partial charge in [0.2, 0.25) is 11.7 Å². The molecule has 3 heterocycles. The molecule has 0 saturated carbocycles. The topological polar surface area (TPSA) is 121 Å². The van der Waals surface area contributed by atoms with Gasteiger partial charge in [-0.2, -0.15) is 4.98 Å². The molecule has 10 heteroatoms. The van der Waals surface area contributed by atoms with Crippen molar-refractivity contribution >= 4 is 17.2 Å². The van der Waals surface area contributed by atoms with Crippen LogP contribution in [0.15, 0.2) is 22.7 Å². The second-order valence-electron chi connectivity index (χ2n) is 8.99. The molecule has 0 radical (unpaired) electrons. The van der Waals surface area contributed by atoms with Crippen LogP contribution in [0, 0.1) is 20.8 Å². The third-order valence-electron chi connectivity index (χ3n) is 6.04. The number of aliphatic hydroxyl groups excluding tert-OH is 2. The van der Waals surface area contributed by atoms with Crippen LogP contribution in [0.25, 0.3) is 22.2 Å². The zero-order chi connectivity index (χ0) is 24.9. The molecule has 1 atom stereocenters. The van der Waals surface area contributed by atoms with Crippen LogP contribution in [-0.4, -0.2) is 70.1 Å². The maximum atomic E-state index is 11.1. The highest BCUT2D eigenvalue weighted by atomic mass is 32.1. The van der Waals surface area contributed by atoms with Gasteiger partial charge < -0.3 is 24.8 Å². The Hall–Kier alpha value is -2.79. The minimum Gasteiger partial charge on any atom is -0.490 e. The van der Waals surface area contributed by atoms with E-state index in [1.807, 2.05) is 26.0 Å². The molecule has 2 aromatic heterocycles. The monoisotopic (exact) mass is 500 g/mol. The van der Waals surface area contributed by atoms with Crippen LogP contribution in [0.5, 0.6) is 5.75 Å². The fourth-order valence-electron chi connectivity index (χ4n) is 4.20. The van der Waals surface area contributed by atoms with Gasteiger partial charge >= 0.3 is 0 Å². The Bertz CT molecular complexity index is 1150. The van der Waals surface area contributed by atoms with E-state index in [-0.39, 0.29) is 13.2 Å². The second-order valence-corrected chi connectivity index (χ2v) is 10.1. The van der Waals surface area contributed by atoms with Crippen molar-refractivity contribution in [3.05, 3.63) is 39.8 Å². The molecule has 1 aliphatic heterocycles. The van der Waals surface area contributed by atoms with E-state index in [0.717, 1.165) is 41.2 Å². The average Bonchev–Trinajstić information content (AvgIpc) is 3.59. The number of hydrogen-bond acceptors (Lipinski definition) is 9. The summed E-state index contributed by atoms with van der Waals surface area (Å²) in [5.74, 6) is 1.15. The van der Waals surface area contributed by atoms with Gasteiger partial charge in [0, 0.05) is 23.5 Å². The summed E-state index contributed by atoms with van der Waals surface area (Å²) in [5, 5.41) is 25.4. The van der Waals surface area contributed by atoms with Gasteiger partial charge in [0.15, 0.2) is 0 Å². The quantitative estimate of drug-likeness (QED) is 0.389. The van der Waals surface area contributed by atoms with Crippen molar-refractivity contribution in [1.29, 1.82) is 0 Å². The van der Waals surface area contributed by atoms with Crippen molar-refractivity contribution in [1.82, 2.24) is 20.4 Å². The van der Waals surface area contributed by atoms with E-state index in [4.69, 9.17) is 14.4 Å². The summed E-state index contributed by atoms with van der Waals surface area (Å²) in [6.07, 6.45) is 1.65. The molecule has 3 aromatic rings. The largest absolute Gasteiger partial charge is 0.490 e. The lowest BCUT2D eigenvalue weighted by Crippen LogP contribution is -2.36. The number of aromatic nitrogens is 2. The van der Waals surface area contributed by atoms with Crippen LogP contribution in [0.2, 0.25) is 0 Å². The van der Waals surface area contributed by atoms with Crippen LogP contribution >= 0.6 is 11.3 Å². The molecule has 0 aliphatic carbocycles. The number of aryl methyl sites for hydroxylation is 3. The van der Waals surface area contributed by atoms with Gasteiger partial charge in [0.05, 0.1) is 4.88 Å². The molecule has 3 N–H and O–H groups in total. The molecule has 1 aliphatic rings. The Morgan fingerprint density at radius 1 is 1.20 bits per heavy atom. The van der Waals surface area contributed by atoms with Crippen molar-refractivity contribution in [2.24, 2.45) is 0 Å². The highest BCUT2D eigenvalue weighted by Gasteiger charge is 2.19. The number of benzene rings is 1. The first kappa shape index (κ1) is 25.3. The Balaban J connectivity index is 1.43. The number of amides is 1. The minimum atomic E-state index is -0.895. The van der Waals surface area contributed by atoms with Crippen molar-refractivity contribution in [3.63, 3.8) is 0 Å². The van der Waals surface area contributed by atoms with Gasteiger partial charge in [-0.3, -0.25) is 9.69 Å². The molecule has 1 saturated heterocycles. The van der Waals surface area contributed by atoms with Crippen molar-refractivity contribution in [3.8, 4) is 27.9 Å². The summed E-state index contributed by atoms with van der Waals surface area (Å²) in [5.41, 5.74) is 3.82. The number of carbonyl (C=O) groups is 1. The molecule has 35 heavy (non-hydrogen) atoms. The molecule has 188 valence electrons. The van der Waals surface area contributed by atoms with Gasteiger partial charge in [0.25, 0.3) is 5.89 Å². The number of aliphatic hydroxyl groups is 2. The van der Waals surface area contributed by atoms with Gasteiger partial charge in [0.1, 0.15) is 25.1 Å². The highest BCUT2D eigenvalue weighted by molar-refractivity contribution is 7.15. The van der Waals surface area contributed by atoms with Gasteiger partial charge in [-0.05, 0) is 81.6 Å². The Kier molecular flexibility index (Phi) is 8.17. The average molecular weight is 501 g/mol. The first-order valence-electron chi connectivity index (χ1n) is 11.8. The molecule has 1 amide bonds. The highest BCUT2D eigenvalue weighted by Crippen LogP contribution is 2.34. The number of nitrogens with one attached hydrogen (secondary N) is 1. The smallest absolute Gasteiger partial charge is 0.268 e. The van der Waals surface area contributed by atoms with Gasteiger partial charge in [-0.25, -0.2) is 0 Å². The van der Waals surface area contributed by atoms with Crippen LogP contribution in [-0.2, 0) is 11.3 Å². The maximum Gasteiger partial charge on any atom is 0.268 e. The fourth-order valence-corrected chi connectivity index (χ4v) is 5.34. The van der Waals surface area contributed by atoms with E-state index in [0.29, 0.717) is 17.5 Å². The molecular formula is C25H32N4O5S. The number of hydrogen-bond donors (Lipinski definition) is 3. The predicted octanol–water partition coefficient (Wildman–Crippen LogP) is 2.83. The lowest BCUT2D eigenvalue weighted by molar-refractivity contribution is -0.124. The summed E-state index contributed by atoms with van der Waals surface area (Å²) < 4.78 is 11.4. The number of carbonyl (C=O) groups excluding carboxylic acids is 1. The van der Waals surface area contributed by atoms with E-state index < -0.39 is 18.6 Å². The SMILES string of the molecule is Cc1cc(-c2nc(-c3cc(C)c(OC[C@@H](O)CNC(=O)CO)c(C)c3)no2)sc1CN1CCCC1. The molecule has 9 nitrogen and oxygen atoms in total. The Morgan fingerprint density at radius 3 is 2.60 bits per heavy atom. The van der Waals surface area contributed by atoms with Crippen LogP contribution < -0.4 is 10.1 Å². The molecule has 0 bridgehead atoms. The van der Waals surface area contributed by atoms with E-state index in [9.17, 15) is 9.90 Å². The summed E-state index contributed by atoms with van der Waals surface area (Å²) in [6.45, 7) is 8.66. The minimum absolute atomic E-state index is 0.00312. The second kappa shape index (κ2) is 11.3. The predicted molar refractivity (Wildman–Crippen MR) is 133 cm³/mol. The third-order valence-corrected chi connectivity index (χ3v) is 7.25. The van der Waals surface area contributed by atoms with E-state index >= 15 is 0 Å². The van der Waals surface area contributed by atoms with E-state index in [2.05, 4.69) is 33.3 Å². The van der Waals surface area contributed by atoms with E-state index in [1.165, 1.54) is 23.3 Å². The molecule has 4 rings (SSSR count). The standard InChI is InChI=1S/C25H32N4O5S/c1-15-10-20(35-21(15)12-29-6-4-5-7-29)25-27-24(28-34-25)18-8-16(2)23(17(3)9-18)33-14-19(31)11-26-22(32)13-30/h8-10,19,30-31H,4-7,11-14H2,1-3H3,(H,26,32)/t19-/m0/s1. The van der Waals surface area contributed by atoms with Gasteiger partial charge in [-0.15, -0.1) is 11.3 Å².